The fraction of sp³-hybridized carbons (Fsp3) is 0.115. The third-order valence-electron chi connectivity index (χ3n) is 5.03. The van der Waals surface area contributed by atoms with Crippen molar-refractivity contribution < 1.29 is 32.6 Å². The average molecular weight is 478 g/mol. The third kappa shape index (κ3) is 5.70. The summed E-state index contributed by atoms with van der Waals surface area (Å²) in [6.45, 7) is -3.68. The number of carbonyl (C=O) groups excluding carboxylic acids is 2. The molecule has 0 atom stereocenters. The van der Waals surface area contributed by atoms with Gasteiger partial charge in [0, 0.05) is 10.9 Å². The van der Waals surface area contributed by atoms with E-state index in [1.54, 1.807) is 55.6 Å². The van der Waals surface area contributed by atoms with Crippen molar-refractivity contribution in [2.45, 2.75) is 6.61 Å². The van der Waals surface area contributed by atoms with Gasteiger partial charge in [-0.25, -0.2) is 9.78 Å². The number of ether oxygens (including phenoxy) is 3. The molecule has 1 N–H and O–H groups in total. The summed E-state index contributed by atoms with van der Waals surface area (Å²) in [7, 11) is 1.57. The molecule has 0 radical (unpaired) electrons. The fourth-order valence-electron chi connectivity index (χ4n) is 3.42. The second-order valence-corrected chi connectivity index (χ2v) is 7.30. The summed E-state index contributed by atoms with van der Waals surface area (Å²) in [5.41, 5.74) is 2.15. The lowest BCUT2D eigenvalue weighted by Crippen LogP contribution is -2.21. The van der Waals surface area contributed by atoms with Crippen LogP contribution in [0.15, 0.2) is 78.9 Å². The number of pyridine rings is 1. The van der Waals surface area contributed by atoms with Gasteiger partial charge in [-0.05, 0) is 48.5 Å². The van der Waals surface area contributed by atoms with E-state index in [2.05, 4.69) is 15.0 Å². The lowest BCUT2D eigenvalue weighted by molar-refractivity contribution is -0.119. The number of nitrogens with zero attached hydrogens (tertiary/aromatic N) is 1. The smallest absolute Gasteiger partial charge is 0.387 e. The van der Waals surface area contributed by atoms with Crippen molar-refractivity contribution in [2.75, 3.05) is 19.0 Å². The monoisotopic (exact) mass is 478 g/mol. The van der Waals surface area contributed by atoms with Crippen LogP contribution >= 0.6 is 0 Å². The highest BCUT2D eigenvalue weighted by atomic mass is 19.3. The van der Waals surface area contributed by atoms with Gasteiger partial charge < -0.3 is 19.5 Å². The van der Waals surface area contributed by atoms with E-state index in [0.717, 1.165) is 5.56 Å². The Morgan fingerprint density at radius 2 is 1.69 bits per heavy atom. The molecule has 0 fully saturated rings. The Hall–Kier alpha value is -4.53. The maximum absolute atomic E-state index is 12.9. The number of methoxy groups -OCH3 is 1. The van der Waals surface area contributed by atoms with Crippen LogP contribution < -0.4 is 14.8 Å². The minimum atomic E-state index is -3.05. The van der Waals surface area contributed by atoms with Crippen LogP contribution in [0.5, 0.6) is 11.5 Å². The van der Waals surface area contributed by atoms with E-state index in [0.29, 0.717) is 22.3 Å². The Labute approximate surface area is 199 Å². The minimum absolute atomic E-state index is 0.0324. The number of nitrogens with one attached hydrogen (secondary N) is 1. The van der Waals surface area contributed by atoms with E-state index in [1.165, 1.54) is 18.2 Å². The number of para-hydroxylation sites is 3. The molecule has 178 valence electrons. The molecule has 0 aliphatic rings. The number of anilines is 1. The van der Waals surface area contributed by atoms with E-state index in [9.17, 15) is 18.4 Å². The van der Waals surface area contributed by atoms with Gasteiger partial charge in [-0.1, -0.05) is 30.3 Å². The number of benzene rings is 3. The standard InChI is InChI=1S/C26H20F2N2O5/c1-33-17-12-10-16(11-13-17)22-14-19(18-6-2-3-7-20(18)29-22)25(32)34-15-24(31)30-21-8-4-5-9-23(21)35-26(27)28/h2-14,26H,15H2,1H3,(H,30,31). The maximum Gasteiger partial charge on any atom is 0.387 e. The molecule has 0 aliphatic carbocycles. The highest BCUT2D eigenvalue weighted by Gasteiger charge is 2.18. The van der Waals surface area contributed by atoms with Crippen LogP contribution in [-0.2, 0) is 9.53 Å². The largest absolute Gasteiger partial charge is 0.497 e. The van der Waals surface area contributed by atoms with Crippen molar-refractivity contribution in [2.24, 2.45) is 0 Å². The summed E-state index contributed by atoms with van der Waals surface area (Å²) in [6, 6.07) is 21.6. The molecule has 0 spiro atoms. The molecule has 9 heteroatoms. The molecule has 35 heavy (non-hydrogen) atoms. The molecule has 0 saturated carbocycles. The number of alkyl halides is 2. The molecular weight excluding hydrogens is 458 g/mol. The molecule has 1 aromatic heterocycles. The first kappa shape index (κ1) is 23.6. The molecule has 4 aromatic rings. The Morgan fingerprint density at radius 1 is 0.971 bits per heavy atom. The summed E-state index contributed by atoms with van der Waals surface area (Å²) in [5.74, 6) is -0.963. The molecule has 1 heterocycles. The predicted molar refractivity (Wildman–Crippen MR) is 126 cm³/mol. The van der Waals surface area contributed by atoms with Gasteiger partial charge in [-0.2, -0.15) is 8.78 Å². The highest BCUT2D eigenvalue weighted by Crippen LogP contribution is 2.27. The number of carbonyl (C=O) groups is 2. The molecule has 0 unspecified atom stereocenters. The second kappa shape index (κ2) is 10.6. The van der Waals surface area contributed by atoms with E-state index in [4.69, 9.17) is 9.47 Å². The zero-order valence-corrected chi connectivity index (χ0v) is 18.5. The first-order valence-corrected chi connectivity index (χ1v) is 10.5. The Kier molecular flexibility index (Phi) is 7.15. The van der Waals surface area contributed by atoms with Gasteiger partial charge in [-0.15, -0.1) is 0 Å². The summed E-state index contributed by atoms with van der Waals surface area (Å²) in [4.78, 5) is 29.9. The normalized spacial score (nSPS) is 10.7. The zero-order chi connectivity index (χ0) is 24.8. The quantitative estimate of drug-likeness (QED) is 0.346. The number of fused-ring (bicyclic) bond motifs is 1. The van der Waals surface area contributed by atoms with Crippen molar-refractivity contribution in [3.05, 3.63) is 84.4 Å². The molecule has 0 bridgehead atoms. The third-order valence-corrected chi connectivity index (χ3v) is 5.03. The fourth-order valence-corrected chi connectivity index (χ4v) is 3.42. The van der Waals surface area contributed by atoms with Gasteiger partial charge in [0.05, 0.1) is 29.6 Å². The van der Waals surface area contributed by atoms with Gasteiger partial charge in [0.1, 0.15) is 11.5 Å². The van der Waals surface area contributed by atoms with Gasteiger partial charge in [-0.3, -0.25) is 4.79 Å². The number of hydrogen-bond donors (Lipinski definition) is 1. The van der Waals surface area contributed by atoms with Gasteiger partial charge in [0.25, 0.3) is 5.91 Å². The Balaban J connectivity index is 1.53. The van der Waals surface area contributed by atoms with Crippen molar-refractivity contribution in [3.8, 4) is 22.8 Å². The highest BCUT2D eigenvalue weighted by molar-refractivity contribution is 6.05. The van der Waals surface area contributed by atoms with Crippen LogP contribution in [0.25, 0.3) is 22.2 Å². The zero-order valence-electron chi connectivity index (χ0n) is 18.5. The molecule has 0 aliphatic heterocycles. The van der Waals surface area contributed by atoms with Crippen molar-refractivity contribution >= 4 is 28.5 Å². The molecule has 7 nitrogen and oxygen atoms in total. The molecule has 4 rings (SSSR count). The van der Waals surface area contributed by atoms with E-state index >= 15 is 0 Å². The second-order valence-electron chi connectivity index (χ2n) is 7.30. The van der Waals surface area contributed by atoms with Gasteiger partial charge in [0.2, 0.25) is 0 Å². The molecule has 3 aromatic carbocycles. The van der Waals surface area contributed by atoms with Crippen molar-refractivity contribution in [1.82, 2.24) is 4.98 Å². The van der Waals surface area contributed by atoms with Gasteiger partial charge >= 0.3 is 12.6 Å². The predicted octanol–water partition coefficient (Wildman–Crippen LogP) is 5.31. The summed E-state index contributed by atoms with van der Waals surface area (Å²) in [6.07, 6.45) is 0. The molecule has 0 saturated heterocycles. The number of rotatable bonds is 8. The van der Waals surface area contributed by atoms with Crippen molar-refractivity contribution in [3.63, 3.8) is 0 Å². The number of esters is 1. The van der Waals surface area contributed by atoms with Crippen LogP contribution in [0.3, 0.4) is 0 Å². The van der Waals surface area contributed by atoms with E-state index in [-0.39, 0.29) is 17.0 Å². The molecule has 1 amide bonds. The van der Waals surface area contributed by atoms with E-state index < -0.39 is 25.1 Å². The van der Waals surface area contributed by atoms with Crippen LogP contribution in [0.4, 0.5) is 14.5 Å². The minimum Gasteiger partial charge on any atom is -0.497 e. The topological polar surface area (TPSA) is 86.8 Å². The maximum atomic E-state index is 12.9. The molecular formula is C26H20F2N2O5. The Bertz CT molecular complexity index is 1360. The first-order valence-electron chi connectivity index (χ1n) is 10.5. The Morgan fingerprint density at radius 3 is 2.43 bits per heavy atom. The first-order chi connectivity index (χ1) is 16.9. The SMILES string of the molecule is COc1ccc(-c2cc(C(=O)OCC(=O)Nc3ccccc3OC(F)F)c3ccccc3n2)cc1. The lowest BCUT2D eigenvalue weighted by Gasteiger charge is -2.12. The summed E-state index contributed by atoms with van der Waals surface area (Å²) < 4.78 is 40.0. The number of hydrogen-bond acceptors (Lipinski definition) is 6. The summed E-state index contributed by atoms with van der Waals surface area (Å²) in [5, 5.41) is 2.97. The van der Waals surface area contributed by atoms with E-state index in [1.807, 2.05) is 12.1 Å². The van der Waals surface area contributed by atoms with Crippen LogP contribution in [0, 0.1) is 0 Å². The van der Waals surface area contributed by atoms with Crippen LogP contribution in [0.2, 0.25) is 0 Å². The van der Waals surface area contributed by atoms with Crippen molar-refractivity contribution in [1.29, 1.82) is 0 Å². The average Bonchev–Trinajstić information content (AvgIpc) is 2.87. The number of aromatic nitrogens is 1. The van der Waals surface area contributed by atoms with Crippen LogP contribution in [-0.4, -0.2) is 37.2 Å². The summed E-state index contributed by atoms with van der Waals surface area (Å²) >= 11 is 0. The van der Waals surface area contributed by atoms with Crippen LogP contribution in [0.1, 0.15) is 10.4 Å². The number of halogens is 2. The lowest BCUT2D eigenvalue weighted by atomic mass is 10.0. The number of amides is 1. The van der Waals surface area contributed by atoms with Gasteiger partial charge in [0.15, 0.2) is 6.61 Å².